The van der Waals surface area contributed by atoms with E-state index in [0.717, 1.165) is 0 Å². The lowest BCUT2D eigenvalue weighted by Crippen LogP contribution is -2.38. The molecule has 1 saturated heterocycles. The molecule has 0 aromatic heterocycles. The summed E-state index contributed by atoms with van der Waals surface area (Å²) in [6.07, 6.45) is 0. The monoisotopic (exact) mass is 159 g/mol. The van der Waals surface area contributed by atoms with Crippen LogP contribution in [-0.4, -0.2) is 49.3 Å². The molecular formula is C7H13NO3. The minimum absolute atomic E-state index is 0.0347. The van der Waals surface area contributed by atoms with Crippen LogP contribution in [0.3, 0.4) is 0 Å². The summed E-state index contributed by atoms with van der Waals surface area (Å²) in [7, 11) is 3.74. The van der Waals surface area contributed by atoms with Gasteiger partial charge in [0.05, 0.1) is 19.1 Å². The lowest BCUT2D eigenvalue weighted by atomic mass is 10.0. The van der Waals surface area contributed by atoms with E-state index in [9.17, 15) is 4.79 Å². The molecule has 0 saturated carbocycles. The fraction of sp³-hybridized carbons (Fsp3) is 0.857. The number of nitrogens with zero attached hydrogens (tertiary/aromatic N) is 1. The van der Waals surface area contributed by atoms with Crippen molar-refractivity contribution in [3.8, 4) is 0 Å². The first kappa shape index (κ1) is 8.49. The Morgan fingerprint density at radius 3 is 2.55 bits per heavy atom. The normalized spacial score (nSPS) is 31.2. The molecule has 2 unspecified atom stereocenters. The van der Waals surface area contributed by atoms with Crippen LogP contribution in [0.2, 0.25) is 0 Å². The second-order valence-electron chi connectivity index (χ2n) is 3.01. The molecule has 1 rings (SSSR count). The molecule has 0 aromatic rings. The SMILES string of the molecule is CN(C)C1COCC1C(=O)O. The second-order valence-corrected chi connectivity index (χ2v) is 3.01. The summed E-state index contributed by atoms with van der Waals surface area (Å²) in [4.78, 5) is 12.5. The molecule has 1 N–H and O–H groups in total. The standard InChI is InChI=1S/C7H13NO3/c1-8(2)6-4-11-3-5(6)7(9)10/h5-6H,3-4H2,1-2H3,(H,9,10). The molecule has 1 aliphatic rings. The minimum Gasteiger partial charge on any atom is -0.481 e. The maximum absolute atomic E-state index is 10.6. The Hall–Kier alpha value is -0.610. The summed E-state index contributed by atoms with van der Waals surface area (Å²) >= 11 is 0. The molecule has 1 fully saturated rings. The van der Waals surface area contributed by atoms with Crippen LogP contribution in [0.5, 0.6) is 0 Å². The Kier molecular flexibility index (Phi) is 2.46. The lowest BCUT2D eigenvalue weighted by molar-refractivity contribution is -0.142. The first-order chi connectivity index (χ1) is 5.13. The molecule has 64 valence electrons. The fourth-order valence-electron chi connectivity index (χ4n) is 1.29. The van der Waals surface area contributed by atoms with E-state index in [2.05, 4.69) is 0 Å². The van der Waals surface area contributed by atoms with E-state index in [0.29, 0.717) is 13.2 Å². The van der Waals surface area contributed by atoms with Crippen molar-refractivity contribution in [2.75, 3.05) is 27.3 Å². The molecule has 1 heterocycles. The largest absolute Gasteiger partial charge is 0.481 e. The molecule has 0 bridgehead atoms. The predicted octanol–water partition coefficient (Wildman–Crippen LogP) is -0.352. The van der Waals surface area contributed by atoms with E-state index in [1.54, 1.807) is 0 Å². The van der Waals surface area contributed by atoms with Crippen LogP contribution in [-0.2, 0) is 9.53 Å². The average molecular weight is 159 g/mol. The van der Waals surface area contributed by atoms with Crippen LogP contribution in [0, 0.1) is 5.92 Å². The van der Waals surface area contributed by atoms with Crippen molar-refractivity contribution >= 4 is 5.97 Å². The summed E-state index contributed by atoms with van der Waals surface area (Å²) in [6, 6.07) is 0.0347. The highest BCUT2D eigenvalue weighted by molar-refractivity contribution is 5.71. The summed E-state index contributed by atoms with van der Waals surface area (Å²) < 4.78 is 5.07. The Bertz CT molecular complexity index is 158. The third kappa shape index (κ3) is 1.70. The van der Waals surface area contributed by atoms with Gasteiger partial charge in [0.15, 0.2) is 0 Å². The number of rotatable bonds is 2. The Labute approximate surface area is 65.8 Å². The van der Waals surface area contributed by atoms with Crippen molar-refractivity contribution in [2.24, 2.45) is 5.92 Å². The second kappa shape index (κ2) is 3.19. The number of likely N-dealkylation sites (N-methyl/N-ethyl adjacent to an activating group) is 1. The predicted molar refractivity (Wildman–Crippen MR) is 39.4 cm³/mol. The van der Waals surface area contributed by atoms with Crippen molar-refractivity contribution in [1.82, 2.24) is 4.90 Å². The van der Waals surface area contributed by atoms with Crippen molar-refractivity contribution in [3.63, 3.8) is 0 Å². The highest BCUT2D eigenvalue weighted by atomic mass is 16.5. The molecule has 11 heavy (non-hydrogen) atoms. The molecule has 0 aliphatic carbocycles. The van der Waals surface area contributed by atoms with Crippen molar-refractivity contribution in [3.05, 3.63) is 0 Å². The first-order valence-electron chi connectivity index (χ1n) is 3.60. The molecule has 0 radical (unpaired) electrons. The van der Waals surface area contributed by atoms with Crippen LogP contribution in [0.25, 0.3) is 0 Å². The zero-order valence-corrected chi connectivity index (χ0v) is 6.78. The van der Waals surface area contributed by atoms with E-state index in [1.165, 1.54) is 0 Å². The van der Waals surface area contributed by atoms with Crippen LogP contribution < -0.4 is 0 Å². The van der Waals surface area contributed by atoms with Gasteiger partial charge in [-0.05, 0) is 14.1 Å². The summed E-state index contributed by atoms with van der Waals surface area (Å²) in [5.41, 5.74) is 0. The van der Waals surface area contributed by atoms with Gasteiger partial charge in [0.2, 0.25) is 0 Å². The number of carboxylic acids is 1. The van der Waals surface area contributed by atoms with E-state index in [-0.39, 0.29) is 12.0 Å². The third-order valence-electron chi connectivity index (χ3n) is 2.03. The van der Waals surface area contributed by atoms with E-state index >= 15 is 0 Å². The maximum Gasteiger partial charge on any atom is 0.310 e. The Balaban J connectivity index is 2.58. The van der Waals surface area contributed by atoms with Crippen LogP contribution >= 0.6 is 0 Å². The number of hydrogen-bond acceptors (Lipinski definition) is 3. The van der Waals surface area contributed by atoms with E-state index in [1.807, 2.05) is 19.0 Å². The van der Waals surface area contributed by atoms with Gasteiger partial charge in [0.1, 0.15) is 0 Å². The van der Waals surface area contributed by atoms with Gasteiger partial charge < -0.3 is 14.7 Å². The maximum atomic E-state index is 10.6. The van der Waals surface area contributed by atoms with Gasteiger partial charge in [0.25, 0.3) is 0 Å². The Morgan fingerprint density at radius 2 is 2.18 bits per heavy atom. The summed E-state index contributed by atoms with van der Waals surface area (Å²) in [6.45, 7) is 0.877. The first-order valence-corrected chi connectivity index (χ1v) is 3.60. The zero-order valence-electron chi connectivity index (χ0n) is 6.78. The molecule has 0 amide bonds. The van der Waals surface area contributed by atoms with Crippen molar-refractivity contribution in [1.29, 1.82) is 0 Å². The van der Waals surface area contributed by atoms with Crippen LogP contribution in [0.15, 0.2) is 0 Å². The van der Waals surface area contributed by atoms with Gasteiger partial charge in [-0.15, -0.1) is 0 Å². The summed E-state index contributed by atoms with van der Waals surface area (Å²) in [5, 5.41) is 8.73. The lowest BCUT2D eigenvalue weighted by Gasteiger charge is -2.20. The highest BCUT2D eigenvalue weighted by Gasteiger charge is 2.35. The number of carbonyl (C=O) groups is 1. The number of carboxylic acid groups (broad SMARTS) is 1. The van der Waals surface area contributed by atoms with Gasteiger partial charge >= 0.3 is 5.97 Å². The average Bonchev–Trinajstić information content (AvgIpc) is 2.32. The molecule has 1 aliphatic heterocycles. The topological polar surface area (TPSA) is 49.8 Å². The smallest absolute Gasteiger partial charge is 0.310 e. The Morgan fingerprint density at radius 1 is 1.55 bits per heavy atom. The molecule has 2 atom stereocenters. The summed E-state index contributed by atoms with van der Waals surface area (Å²) in [5.74, 6) is -1.12. The molecule has 0 spiro atoms. The molecule has 0 aromatic carbocycles. The van der Waals surface area contributed by atoms with Gasteiger partial charge in [-0.1, -0.05) is 0 Å². The highest BCUT2D eigenvalue weighted by Crippen LogP contribution is 2.17. The van der Waals surface area contributed by atoms with Crippen LogP contribution in [0.4, 0.5) is 0 Å². The third-order valence-corrected chi connectivity index (χ3v) is 2.03. The van der Waals surface area contributed by atoms with Crippen molar-refractivity contribution in [2.45, 2.75) is 6.04 Å². The number of ether oxygens (including phenoxy) is 1. The van der Waals surface area contributed by atoms with Gasteiger partial charge in [0, 0.05) is 6.04 Å². The van der Waals surface area contributed by atoms with Crippen LogP contribution in [0.1, 0.15) is 0 Å². The molecular weight excluding hydrogens is 146 g/mol. The fourth-order valence-corrected chi connectivity index (χ4v) is 1.29. The minimum atomic E-state index is -0.763. The molecule has 4 heteroatoms. The molecule has 4 nitrogen and oxygen atoms in total. The van der Waals surface area contributed by atoms with E-state index in [4.69, 9.17) is 9.84 Å². The van der Waals surface area contributed by atoms with Crippen molar-refractivity contribution < 1.29 is 14.6 Å². The van der Waals surface area contributed by atoms with Gasteiger partial charge in [-0.25, -0.2) is 0 Å². The van der Waals surface area contributed by atoms with Gasteiger partial charge in [-0.2, -0.15) is 0 Å². The quantitative estimate of drug-likeness (QED) is 0.598. The van der Waals surface area contributed by atoms with E-state index < -0.39 is 5.97 Å². The number of aliphatic carboxylic acids is 1. The number of hydrogen-bond donors (Lipinski definition) is 1. The van der Waals surface area contributed by atoms with Gasteiger partial charge in [-0.3, -0.25) is 4.79 Å². The zero-order chi connectivity index (χ0) is 8.43.